The summed E-state index contributed by atoms with van der Waals surface area (Å²) in [6.07, 6.45) is 5.04. The van der Waals surface area contributed by atoms with E-state index < -0.39 is 6.10 Å². The number of benzene rings is 1. The molecule has 1 aliphatic carbocycles. The van der Waals surface area contributed by atoms with Crippen molar-refractivity contribution in [2.45, 2.75) is 44.4 Å². The maximum Gasteiger partial charge on any atom is 0.222 e. The Balaban J connectivity index is 1.29. The van der Waals surface area contributed by atoms with Crippen LogP contribution in [-0.2, 0) is 11.3 Å². The number of nitrogens with zero attached hydrogens (tertiary/aromatic N) is 4. The summed E-state index contributed by atoms with van der Waals surface area (Å²) in [5, 5.41) is 15.2. The van der Waals surface area contributed by atoms with E-state index in [1.807, 2.05) is 17.0 Å². The first kappa shape index (κ1) is 19.2. The smallest absolute Gasteiger partial charge is 0.222 e. The monoisotopic (exact) mass is 404 g/mol. The van der Waals surface area contributed by atoms with Crippen molar-refractivity contribution in [3.8, 4) is 5.75 Å². The van der Waals surface area contributed by atoms with Gasteiger partial charge in [0, 0.05) is 31.1 Å². The quantitative estimate of drug-likeness (QED) is 0.799. The van der Waals surface area contributed by atoms with Gasteiger partial charge in [0.25, 0.3) is 0 Å². The maximum atomic E-state index is 12.6. The molecule has 1 aromatic heterocycles. The number of carbonyl (C=O) groups excluding carboxylic acids is 1. The Bertz CT molecular complexity index is 801. The number of aromatic nitrogens is 3. The van der Waals surface area contributed by atoms with Crippen molar-refractivity contribution in [2.75, 3.05) is 13.1 Å². The number of hydrogen-bond donors (Lipinski definition) is 1. The van der Waals surface area contributed by atoms with Crippen LogP contribution in [0.1, 0.15) is 25.7 Å². The summed E-state index contributed by atoms with van der Waals surface area (Å²) in [4.78, 5) is 18.4. The Labute approximate surface area is 169 Å². The lowest BCUT2D eigenvalue weighted by molar-refractivity contribution is -0.130. The lowest BCUT2D eigenvalue weighted by Crippen LogP contribution is -2.42. The predicted molar refractivity (Wildman–Crippen MR) is 104 cm³/mol. The summed E-state index contributed by atoms with van der Waals surface area (Å²) in [5.74, 6) is 1.56. The zero-order valence-electron chi connectivity index (χ0n) is 15.7. The SMILES string of the molecule is O=C(CCCn1cncn1)N1C[C@H]2C[C@@H](Oc3cccc(Cl)c3)[C@H](O)C[C@H]2C1. The van der Waals surface area contributed by atoms with Crippen molar-refractivity contribution in [3.05, 3.63) is 41.9 Å². The molecule has 2 fully saturated rings. The highest BCUT2D eigenvalue weighted by atomic mass is 35.5. The lowest BCUT2D eigenvalue weighted by atomic mass is 9.78. The Morgan fingerprint density at radius 1 is 1.29 bits per heavy atom. The van der Waals surface area contributed by atoms with E-state index in [-0.39, 0.29) is 12.0 Å². The third kappa shape index (κ3) is 4.47. The molecule has 1 saturated carbocycles. The van der Waals surface area contributed by atoms with Crippen molar-refractivity contribution >= 4 is 17.5 Å². The summed E-state index contributed by atoms with van der Waals surface area (Å²) < 4.78 is 7.75. The molecule has 0 bridgehead atoms. The van der Waals surface area contributed by atoms with Gasteiger partial charge in [0.2, 0.25) is 5.91 Å². The summed E-state index contributed by atoms with van der Waals surface area (Å²) in [6.45, 7) is 2.17. The second-order valence-electron chi connectivity index (χ2n) is 7.73. The number of halogens is 1. The van der Waals surface area contributed by atoms with Gasteiger partial charge in [-0.05, 0) is 49.3 Å². The Morgan fingerprint density at radius 2 is 2.11 bits per heavy atom. The molecule has 4 rings (SSSR count). The molecule has 7 nitrogen and oxygen atoms in total. The first-order valence-corrected chi connectivity index (χ1v) is 10.2. The number of aryl methyl sites for hydroxylation is 1. The molecule has 28 heavy (non-hydrogen) atoms. The number of carbonyl (C=O) groups is 1. The molecule has 1 N–H and O–H groups in total. The van der Waals surface area contributed by atoms with Crippen LogP contribution < -0.4 is 4.74 Å². The minimum atomic E-state index is -0.525. The number of likely N-dealkylation sites (tertiary alicyclic amines) is 1. The highest BCUT2D eigenvalue weighted by Gasteiger charge is 2.43. The van der Waals surface area contributed by atoms with Gasteiger partial charge in [0.05, 0.1) is 6.10 Å². The van der Waals surface area contributed by atoms with Crippen LogP contribution in [0, 0.1) is 11.8 Å². The largest absolute Gasteiger partial charge is 0.488 e. The van der Waals surface area contributed by atoms with Crippen LogP contribution in [-0.4, -0.2) is 56.0 Å². The lowest BCUT2D eigenvalue weighted by Gasteiger charge is -2.35. The second-order valence-corrected chi connectivity index (χ2v) is 8.17. The van der Waals surface area contributed by atoms with Crippen LogP contribution >= 0.6 is 11.6 Å². The Hall–Kier alpha value is -2.12. The summed E-state index contributed by atoms with van der Waals surface area (Å²) >= 11 is 6.02. The number of aliphatic hydroxyl groups excluding tert-OH is 1. The highest BCUT2D eigenvalue weighted by molar-refractivity contribution is 6.30. The highest BCUT2D eigenvalue weighted by Crippen LogP contribution is 2.38. The van der Waals surface area contributed by atoms with E-state index >= 15 is 0 Å². The summed E-state index contributed by atoms with van der Waals surface area (Å²) in [7, 11) is 0. The molecular formula is C20H25ClN4O3. The number of amides is 1. The van der Waals surface area contributed by atoms with Crippen LogP contribution in [0.5, 0.6) is 5.75 Å². The number of hydrogen-bond acceptors (Lipinski definition) is 5. The molecule has 2 aromatic rings. The van der Waals surface area contributed by atoms with E-state index in [9.17, 15) is 9.90 Å². The molecule has 8 heteroatoms. The van der Waals surface area contributed by atoms with E-state index in [1.54, 1.807) is 23.1 Å². The van der Waals surface area contributed by atoms with Gasteiger partial charge in [-0.15, -0.1) is 0 Å². The minimum absolute atomic E-state index is 0.177. The molecule has 1 saturated heterocycles. The standard InChI is InChI=1S/C20H25ClN4O3/c21-16-3-1-4-17(9-16)28-19-8-15-11-24(10-14(15)7-18(19)26)20(27)5-2-6-25-13-22-12-23-25/h1,3-4,9,12-15,18-19,26H,2,5-8,10-11H2/t14-,15+,18+,19+/m0/s1. The van der Waals surface area contributed by atoms with Gasteiger partial charge < -0.3 is 14.7 Å². The van der Waals surface area contributed by atoms with Crippen LogP contribution in [0.4, 0.5) is 0 Å². The van der Waals surface area contributed by atoms with Gasteiger partial charge in [-0.1, -0.05) is 17.7 Å². The van der Waals surface area contributed by atoms with Crippen LogP contribution in [0.2, 0.25) is 5.02 Å². The minimum Gasteiger partial charge on any atom is -0.488 e. The third-order valence-corrected chi connectivity index (χ3v) is 6.00. The van der Waals surface area contributed by atoms with E-state index in [0.29, 0.717) is 42.0 Å². The first-order chi connectivity index (χ1) is 13.6. The van der Waals surface area contributed by atoms with Crippen molar-refractivity contribution in [3.63, 3.8) is 0 Å². The summed E-state index contributed by atoms with van der Waals surface area (Å²) in [5.41, 5.74) is 0. The number of ether oxygens (including phenoxy) is 1. The molecule has 2 heterocycles. The zero-order chi connectivity index (χ0) is 19.5. The van der Waals surface area contributed by atoms with Crippen LogP contribution in [0.15, 0.2) is 36.9 Å². The molecule has 1 aliphatic heterocycles. The fourth-order valence-electron chi connectivity index (χ4n) is 4.33. The molecule has 1 amide bonds. The van der Waals surface area contributed by atoms with Gasteiger partial charge in [-0.3, -0.25) is 9.48 Å². The fourth-order valence-corrected chi connectivity index (χ4v) is 4.51. The number of rotatable bonds is 6. The van der Waals surface area contributed by atoms with Crippen LogP contribution in [0.3, 0.4) is 0 Å². The molecule has 0 radical (unpaired) electrons. The third-order valence-electron chi connectivity index (χ3n) is 5.77. The molecule has 150 valence electrons. The average molecular weight is 405 g/mol. The van der Waals surface area contributed by atoms with E-state index in [0.717, 1.165) is 25.9 Å². The average Bonchev–Trinajstić information content (AvgIpc) is 3.31. The Kier molecular flexibility index (Phi) is 5.82. The summed E-state index contributed by atoms with van der Waals surface area (Å²) in [6, 6.07) is 7.25. The number of fused-ring (bicyclic) bond motifs is 1. The molecule has 2 aliphatic rings. The van der Waals surface area contributed by atoms with E-state index in [1.165, 1.54) is 6.33 Å². The van der Waals surface area contributed by atoms with Gasteiger partial charge in [-0.2, -0.15) is 5.10 Å². The fraction of sp³-hybridized carbons (Fsp3) is 0.550. The maximum absolute atomic E-state index is 12.6. The molecule has 0 unspecified atom stereocenters. The predicted octanol–water partition coefficient (Wildman–Crippen LogP) is 2.39. The van der Waals surface area contributed by atoms with Gasteiger partial charge in [0.15, 0.2) is 0 Å². The van der Waals surface area contributed by atoms with Gasteiger partial charge in [-0.25, -0.2) is 4.98 Å². The molecule has 4 atom stereocenters. The Morgan fingerprint density at radius 3 is 2.86 bits per heavy atom. The van der Waals surface area contributed by atoms with Crippen molar-refractivity contribution < 1.29 is 14.6 Å². The normalized spacial score (nSPS) is 26.9. The molecule has 0 spiro atoms. The second kappa shape index (κ2) is 8.49. The molecular weight excluding hydrogens is 380 g/mol. The zero-order valence-corrected chi connectivity index (χ0v) is 16.4. The molecule has 1 aromatic carbocycles. The van der Waals surface area contributed by atoms with Crippen molar-refractivity contribution in [1.29, 1.82) is 0 Å². The number of aliphatic hydroxyl groups is 1. The van der Waals surface area contributed by atoms with E-state index in [4.69, 9.17) is 16.3 Å². The topological polar surface area (TPSA) is 80.5 Å². The van der Waals surface area contributed by atoms with Gasteiger partial charge >= 0.3 is 0 Å². The van der Waals surface area contributed by atoms with Crippen molar-refractivity contribution in [2.24, 2.45) is 11.8 Å². The van der Waals surface area contributed by atoms with Crippen molar-refractivity contribution in [1.82, 2.24) is 19.7 Å². The first-order valence-electron chi connectivity index (χ1n) is 9.79. The van der Waals surface area contributed by atoms with E-state index in [2.05, 4.69) is 10.1 Å². The van der Waals surface area contributed by atoms with Gasteiger partial charge in [0.1, 0.15) is 24.5 Å². The van der Waals surface area contributed by atoms with Crippen LogP contribution in [0.25, 0.3) is 0 Å².